The zero-order valence-corrected chi connectivity index (χ0v) is 13.6. The first-order valence-electron chi connectivity index (χ1n) is 6.52. The minimum absolute atomic E-state index is 0.0428. The van der Waals surface area contributed by atoms with Gasteiger partial charge < -0.3 is 19.9 Å². The fraction of sp³-hybridized carbons (Fsp3) is 0.250. The predicted molar refractivity (Wildman–Crippen MR) is 87.1 cm³/mol. The number of anilines is 1. The molecular formula is C16H18BrNO3. The highest BCUT2D eigenvalue weighted by molar-refractivity contribution is 9.10. The van der Waals surface area contributed by atoms with Crippen molar-refractivity contribution < 1.29 is 14.6 Å². The predicted octanol–water partition coefficient (Wildman–Crippen LogP) is 3.61. The van der Waals surface area contributed by atoms with Crippen LogP contribution in [0.3, 0.4) is 0 Å². The summed E-state index contributed by atoms with van der Waals surface area (Å²) in [6.07, 6.45) is 0. The molecule has 0 saturated heterocycles. The molecule has 2 N–H and O–H groups in total. The molecule has 0 aromatic heterocycles. The molecule has 2 rings (SSSR count). The molecule has 2 aromatic rings. The van der Waals surface area contributed by atoms with Crippen LogP contribution in [-0.4, -0.2) is 25.9 Å². The van der Waals surface area contributed by atoms with Crippen molar-refractivity contribution in [3.8, 4) is 11.5 Å². The Morgan fingerprint density at radius 3 is 2.38 bits per heavy atom. The summed E-state index contributed by atoms with van der Waals surface area (Å²) >= 11 is 3.45. The Morgan fingerprint density at radius 2 is 1.81 bits per heavy atom. The summed E-state index contributed by atoms with van der Waals surface area (Å²) in [5.41, 5.74) is 1.79. The Bertz CT molecular complexity index is 587. The van der Waals surface area contributed by atoms with Crippen LogP contribution in [0.25, 0.3) is 0 Å². The molecule has 5 heteroatoms. The van der Waals surface area contributed by atoms with Gasteiger partial charge in [-0.1, -0.05) is 15.9 Å². The molecule has 0 fully saturated rings. The van der Waals surface area contributed by atoms with Gasteiger partial charge in [0, 0.05) is 15.7 Å². The maximum Gasteiger partial charge on any atom is 0.124 e. The first kappa shape index (κ1) is 15.7. The van der Waals surface area contributed by atoms with Crippen molar-refractivity contribution in [2.24, 2.45) is 0 Å². The van der Waals surface area contributed by atoms with E-state index < -0.39 is 0 Å². The number of halogens is 1. The van der Waals surface area contributed by atoms with Crippen LogP contribution in [0.2, 0.25) is 0 Å². The number of methoxy groups -OCH3 is 2. The van der Waals surface area contributed by atoms with Crippen molar-refractivity contribution in [3.63, 3.8) is 0 Å². The third-order valence-corrected chi connectivity index (χ3v) is 3.67. The Kier molecular flexibility index (Phi) is 5.47. The molecule has 21 heavy (non-hydrogen) atoms. The second-order valence-electron chi connectivity index (χ2n) is 4.49. The maximum atomic E-state index is 9.69. The maximum absolute atomic E-state index is 9.69. The highest BCUT2D eigenvalue weighted by Crippen LogP contribution is 2.31. The number of rotatable bonds is 6. The number of hydrogen-bond acceptors (Lipinski definition) is 4. The van der Waals surface area contributed by atoms with Gasteiger partial charge in [-0.2, -0.15) is 0 Å². The summed E-state index contributed by atoms with van der Waals surface area (Å²) in [5, 5.41) is 13.0. The van der Waals surface area contributed by atoms with Gasteiger partial charge in [0.15, 0.2) is 0 Å². The Morgan fingerprint density at radius 1 is 1.10 bits per heavy atom. The van der Waals surface area contributed by atoms with E-state index in [0.717, 1.165) is 27.2 Å². The number of aliphatic hydroxyl groups excluding tert-OH is 1. The van der Waals surface area contributed by atoms with Crippen LogP contribution in [0.4, 0.5) is 5.69 Å². The normalized spacial score (nSPS) is 11.8. The fourth-order valence-corrected chi connectivity index (χ4v) is 2.47. The van der Waals surface area contributed by atoms with Crippen molar-refractivity contribution in [2.45, 2.75) is 6.04 Å². The molecule has 0 heterocycles. The van der Waals surface area contributed by atoms with E-state index in [1.54, 1.807) is 14.2 Å². The van der Waals surface area contributed by atoms with Gasteiger partial charge in [0.2, 0.25) is 0 Å². The summed E-state index contributed by atoms with van der Waals surface area (Å²) in [7, 11) is 3.25. The van der Waals surface area contributed by atoms with Crippen molar-refractivity contribution in [3.05, 3.63) is 52.5 Å². The quantitative estimate of drug-likeness (QED) is 0.834. The summed E-state index contributed by atoms with van der Waals surface area (Å²) in [4.78, 5) is 0. The van der Waals surface area contributed by atoms with E-state index in [0.29, 0.717) is 0 Å². The molecule has 0 amide bonds. The topological polar surface area (TPSA) is 50.7 Å². The van der Waals surface area contributed by atoms with Gasteiger partial charge >= 0.3 is 0 Å². The number of ether oxygens (including phenoxy) is 2. The average Bonchev–Trinajstić information content (AvgIpc) is 2.53. The lowest BCUT2D eigenvalue weighted by atomic mass is 10.1. The van der Waals surface area contributed by atoms with Gasteiger partial charge in [0.1, 0.15) is 11.5 Å². The van der Waals surface area contributed by atoms with Crippen LogP contribution < -0.4 is 14.8 Å². The van der Waals surface area contributed by atoms with Gasteiger partial charge in [0.25, 0.3) is 0 Å². The molecule has 0 bridgehead atoms. The zero-order valence-electron chi connectivity index (χ0n) is 12.0. The third kappa shape index (κ3) is 3.89. The molecule has 0 saturated carbocycles. The van der Waals surface area contributed by atoms with Crippen LogP contribution >= 0.6 is 15.9 Å². The second-order valence-corrected chi connectivity index (χ2v) is 5.41. The molecule has 0 spiro atoms. The largest absolute Gasteiger partial charge is 0.497 e. The van der Waals surface area contributed by atoms with E-state index in [9.17, 15) is 5.11 Å². The molecule has 0 aliphatic carbocycles. The second kappa shape index (κ2) is 7.33. The minimum atomic E-state index is -0.258. The Labute approximate surface area is 132 Å². The third-order valence-electron chi connectivity index (χ3n) is 3.18. The smallest absolute Gasteiger partial charge is 0.124 e. The number of benzene rings is 2. The molecule has 2 aromatic carbocycles. The molecular weight excluding hydrogens is 334 g/mol. The molecule has 112 valence electrons. The van der Waals surface area contributed by atoms with E-state index in [1.165, 1.54) is 0 Å². The zero-order chi connectivity index (χ0) is 15.2. The van der Waals surface area contributed by atoms with E-state index >= 15 is 0 Å². The highest BCUT2D eigenvalue weighted by Gasteiger charge is 2.16. The van der Waals surface area contributed by atoms with Gasteiger partial charge in [0.05, 0.1) is 26.9 Å². The first-order valence-corrected chi connectivity index (χ1v) is 7.32. The van der Waals surface area contributed by atoms with Crippen molar-refractivity contribution in [1.82, 2.24) is 0 Å². The molecule has 0 radical (unpaired) electrons. The van der Waals surface area contributed by atoms with Crippen LogP contribution in [0.5, 0.6) is 11.5 Å². The lowest BCUT2D eigenvalue weighted by Gasteiger charge is -2.21. The molecule has 1 unspecified atom stereocenters. The number of hydrogen-bond donors (Lipinski definition) is 2. The van der Waals surface area contributed by atoms with Crippen LogP contribution in [0, 0.1) is 0 Å². The summed E-state index contributed by atoms with van der Waals surface area (Å²) in [6.45, 7) is -0.0428. The summed E-state index contributed by atoms with van der Waals surface area (Å²) in [5.74, 6) is 1.53. The van der Waals surface area contributed by atoms with E-state index in [1.807, 2.05) is 42.5 Å². The number of aliphatic hydroxyl groups is 1. The Hall–Kier alpha value is -1.72. The van der Waals surface area contributed by atoms with Crippen molar-refractivity contribution >= 4 is 21.6 Å². The van der Waals surface area contributed by atoms with E-state index in [2.05, 4.69) is 21.2 Å². The lowest BCUT2D eigenvalue weighted by molar-refractivity contribution is 0.273. The van der Waals surface area contributed by atoms with Crippen LogP contribution in [0.1, 0.15) is 11.6 Å². The van der Waals surface area contributed by atoms with Crippen molar-refractivity contribution in [2.75, 3.05) is 26.1 Å². The van der Waals surface area contributed by atoms with Crippen LogP contribution in [-0.2, 0) is 0 Å². The number of nitrogens with one attached hydrogen (secondary N) is 1. The Balaban J connectivity index is 2.24. The van der Waals surface area contributed by atoms with E-state index in [4.69, 9.17) is 9.47 Å². The highest BCUT2D eigenvalue weighted by atomic mass is 79.9. The fourth-order valence-electron chi connectivity index (χ4n) is 2.09. The van der Waals surface area contributed by atoms with Gasteiger partial charge in [-0.3, -0.25) is 0 Å². The van der Waals surface area contributed by atoms with Gasteiger partial charge in [-0.25, -0.2) is 0 Å². The molecule has 4 nitrogen and oxygen atoms in total. The van der Waals surface area contributed by atoms with Gasteiger partial charge in [-0.15, -0.1) is 0 Å². The molecule has 0 aliphatic heterocycles. The average molecular weight is 352 g/mol. The standard InChI is InChI=1S/C16H18BrNO3/c1-20-13-6-4-12(5-7-13)18-15(10-19)14-9-11(17)3-8-16(14)21-2/h3-9,15,18-19H,10H2,1-2H3. The van der Waals surface area contributed by atoms with Crippen LogP contribution in [0.15, 0.2) is 46.9 Å². The minimum Gasteiger partial charge on any atom is -0.497 e. The monoisotopic (exact) mass is 351 g/mol. The molecule has 0 aliphatic rings. The lowest BCUT2D eigenvalue weighted by Crippen LogP contribution is -2.15. The summed E-state index contributed by atoms with van der Waals surface area (Å²) < 4.78 is 11.4. The van der Waals surface area contributed by atoms with E-state index in [-0.39, 0.29) is 12.6 Å². The van der Waals surface area contributed by atoms with Gasteiger partial charge in [-0.05, 0) is 42.5 Å². The molecule has 1 atom stereocenters. The summed E-state index contributed by atoms with van der Waals surface area (Å²) in [6, 6.07) is 13.0. The first-order chi connectivity index (χ1) is 10.2. The van der Waals surface area contributed by atoms with Crippen molar-refractivity contribution in [1.29, 1.82) is 0 Å². The SMILES string of the molecule is COc1ccc(NC(CO)c2cc(Br)ccc2OC)cc1.